The Hall–Kier alpha value is -1.47. The minimum Gasteiger partial charge on any atom is -0.0801 e. The Kier molecular flexibility index (Phi) is 2.56. The first kappa shape index (κ1) is 10.7. The molecule has 0 nitrogen and oxygen atoms in total. The lowest BCUT2D eigenvalue weighted by molar-refractivity contribution is 1.32. The summed E-state index contributed by atoms with van der Waals surface area (Å²) in [5.41, 5.74) is 5.85. The molecule has 0 aromatic heterocycles. The van der Waals surface area contributed by atoms with Gasteiger partial charge in [0.1, 0.15) is 0 Å². The molecular formula is C16H16Si. The fourth-order valence-corrected chi connectivity index (χ4v) is 4.20. The quantitative estimate of drug-likeness (QED) is 0.650. The number of benzene rings is 1. The van der Waals surface area contributed by atoms with Gasteiger partial charge in [0.2, 0.25) is 0 Å². The molecule has 0 saturated heterocycles. The standard InChI is InChI=1S/C16H16Si/c1-17(2)16-14-10-6-5-9-13(14)11-15(16)12-7-3-4-8-12/h3-7,9-11H,8H2,1-2H3. The number of fused-ring (bicyclic) bond motifs is 1. The molecule has 17 heavy (non-hydrogen) atoms. The molecule has 3 rings (SSSR count). The van der Waals surface area contributed by atoms with E-state index >= 15 is 0 Å². The highest BCUT2D eigenvalue weighted by molar-refractivity contribution is 6.76. The number of rotatable bonds is 1. The summed E-state index contributed by atoms with van der Waals surface area (Å²) < 4.78 is 0. The van der Waals surface area contributed by atoms with Gasteiger partial charge in [-0.2, -0.15) is 0 Å². The van der Waals surface area contributed by atoms with Crippen LogP contribution in [0.5, 0.6) is 0 Å². The van der Waals surface area contributed by atoms with Crippen molar-refractivity contribution in [1.82, 2.24) is 0 Å². The van der Waals surface area contributed by atoms with Gasteiger partial charge in [-0.1, -0.05) is 55.6 Å². The van der Waals surface area contributed by atoms with E-state index in [0.29, 0.717) is 0 Å². The maximum Gasteiger partial charge on any atom is 0.0144 e. The Morgan fingerprint density at radius 2 is 1.94 bits per heavy atom. The molecule has 0 N–H and O–H groups in total. The lowest BCUT2D eigenvalue weighted by Crippen LogP contribution is -2.12. The maximum absolute atomic E-state index is 2.39. The Morgan fingerprint density at radius 1 is 1.12 bits per heavy atom. The van der Waals surface area contributed by atoms with E-state index in [4.69, 9.17) is 0 Å². The highest BCUT2D eigenvalue weighted by atomic mass is 28.2. The summed E-state index contributed by atoms with van der Waals surface area (Å²) in [6, 6.07) is 8.79. The van der Waals surface area contributed by atoms with E-state index in [1.807, 2.05) is 0 Å². The van der Waals surface area contributed by atoms with Crippen LogP contribution in [0, 0.1) is 0 Å². The highest BCUT2D eigenvalue weighted by Crippen LogP contribution is 2.32. The van der Waals surface area contributed by atoms with Gasteiger partial charge in [-0.3, -0.25) is 0 Å². The van der Waals surface area contributed by atoms with Gasteiger partial charge in [-0.25, -0.2) is 0 Å². The zero-order chi connectivity index (χ0) is 11.8. The summed E-state index contributed by atoms with van der Waals surface area (Å²) in [7, 11) is -0.429. The molecule has 2 aliphatic carbocycles. The number of allylic oxidation sites excluding steroid dienone is 5. The van der Waals surface area contributed by atoms with Gasteiger partial charge in [0, 0.05) is 8.41 Å². The maximum atomic E-state index is 2.39. The van der Waals surface area contributed by atoms with Crippen molar-refractivity contribution in [3.63, 3.8) is 0 Å². The monoisotopic (exact) mass is 236 g/mol. The first-order chi connectivity index (χ1) is 8.27. The van der Waals surface area contributed by atoms with Gasteiger partial charge in [-0.05, 0) is 39.9 Å². The van der Waals surface area contributed by atoms with Crippen molar-refractivity contribution in [2.45, 2.75) is 19.5 Å². The normalized spacial score (nSPS) is 16.9. The van der Waals surface area contributed by atoms with E-state index in [2.05, 4.69) is 61.7 Å². The van der Waals surface area contributed by atoms with Crippen LogP contribution < -0.4 is 0 Å². The van der Waals surface area contributed by atoms with Crippen molar-refractivity contribution in [2.24, 2.45) is 0 Å². The summed E-state index contributed by atoms with van der Waals surface area (Å²) in [5, 5.41) is 1.61. The first-order valence-corrected chi connectivity index (χ1v) is 8.62. The summed E-state index contributed by atoms with van der Waals surface area (Å²) in [6.45, 7) is 4.78. The van der Waals surface area contributed by atoms with Crippen LogP contribution in [0.25, 0.3) is 6.08 Å². The van der Waals surface area contributed by atoms with Crippen LogP contribution in [0.3, 0.4) is 0 Å². The highest BCUT2D eigenvalue weighted by Gasteiger charge is 2.21. The molecule has 0 heterocycles. The second-order valence-corrected chi connectivity index (χ2v) is 7.34. The van der Waals surface area contributed by atoms with Gasteiger partial charge in [0.05, 0.1) is 0 Å². The zero-order valence-corrected chi connectivity index (χ0v) is 11.3. The van der Waals surface area contributed by atoms with Crippen molar-refractivity contribution >= 4 is 19.7 Å². The second kappa shape index (κ2) is 4.08. The molecule has 1 heteroatoms. The Balaban J connectivity index is 2.16. The molecule has 0 aliphatic heterocycles. The third kappa shape index (κ3) is 1.71. The smallest absolute Gasteiger partial charge is 0.0144 e. The molecule has 0 radical (unpaired) electrons. The SMILES string of the molecule is C[Si](C)=C1C(C2=CC=CC2)=Cc2ccccc21. The summed E-state index contributed by atoms with van der Waals surface area (Å²) in [4.78, 5) is 0. The van der Waals surface area contributed by atoms with Gasteiger partial charge >= 0.3 is 0 Å². The van der Waals surface area contributed by atoms with Crippen molar-refractivity contribution in [2.75, 3.05) is 0 Å². The zero-order valence-electron chi connectivity index (χ0n) is 10.3. The molecule has 1 aromatic rings. The molecule has 84 valence electrons. The van der Waals surface area contributed by atoms with E-state index in [9.17, 15) is 0 Å². The number of hydrogen-bond acceptors (Lipinski definition) is 0. The summed E-state index contributed by atoms with van der Waals surface area (Å²) in [6.07, 6.45) is 10.2. The van der Waals surface area contributed by atoms with E-state index in [1.165, 1.54) is 22.3 Å². The minimum atomic E-state index is -0.429. The average Bonchev–Trinajstić information content (AvgIpc) is 2.95. The Bertz CT molecular complexity index is 594. The molecule has 2 aliphatic rings. The van der Waals surface area contributed by atoms with Crippen molar-refractivity contribution in [1.29, 1.82) is 0 Å². The third-order valence-electron chi connectivity index (χ3n) is 3.42. The lowest BCUT2D eigenvalue weighted by Gasteiger charge is -2.10. The lowest BCUT2D eigenvalue weighted by atomic mass is 10.0. The summed E-state index contributed by atoms with van der Waals surface area (Å²) in [5.74, 6) is 0. The fourth-order valence-electron chi connectivity index (χ4n) is 2.66. The Morgan fingerprint density at radius 3 is 2.65 bits per heavy atom. The van der Waals surface area contributed by atoms with E-state index in [1.54, 1.807) is 5.17 Å². The van der Waals surface area contributed by atoms with Crippen molar-refractivity contribution in [3.05, 3.63) is 64.8 Å². The van der Waals surface area contributed by atoms with Crippen LogP contribution in [-0.4, -0.2) is 13.6 Å². The second-order valence-electron chi connectivity index (χ2n) is 4.84. The van der Waals surface area contributed by atoms with E-state index in [-0.39, 0.29) is 0 Å². The molecule has 1 aromatic carbocycles. The molecule has 0 bridgehead atoms. The topological polar surface area (TPSA) is 0 Å². The van der Waals surface area contributed by atoms with Gasteiger partial charge < -0.3 is 0 Å². The van der Waals surface area contributed by atoms with Crippen LogP contribution in [0.1, 0.15) is 17.5 Å². The first-order valence-electron chi connectivity index (χ1n) is 6.12. The van der Waals surface area contributed by atoms with Gasteiger partial charge in [0.25, 0.3) is 0 Å². The van der Waals surface area contributed by atoms with Crippen LogP contribution in [0.15, 0.2) is 53.6 Å². The van der Waals surface area contributed by atoms with Crippen molar-refractivity contribution in [3.8, 4) is 0 Å². The van der Waals surface area contributed by atoms with Crippen LogP contribution in [0.4, 0.5) is 0 Å². The molecule has 0 spiro atoms. The minimum absolute atomic E-state index is 0.429. The largest absolute Gasteiger partial charge is 0.0801 e. The van der Waals surface area contributed by atoms with Crippen LogP contribution >= 0.6 is 0 Å². The Labute approximate surface area is 104 Å². The fraction of sp³-hybridized carbons (Fsp3) is 0.188. The molecular weight excluding hydrogens is 220 g/mol. The summed E-state index contributed by atoms with van der Waals surface area (Å²) >= 11 is 0. The molecule has 0 saturated carbocycles. The van der Waals surface area contributed by atoms with Gasteiger partial charge in [-0.15, -0.1) is 0 Å². The molecule has 0 amide bonds. The van der Waals surface area contributed by atoms with Crippen molar-refractivity contribution < 1.29 is 0 Å². The van der Waals surface area contributed by atoms with E-state index in [0.717, 1.165) is 6.42 Å². The van der Waals surface area contributed by atoms with Gasteiger partial charge in [0.15, 0.2) is 0 Å². The van der Waals surface area contributed by atoms with Crippen LogP contribution in [-0.2, 0) is 0 Å². The average molecular weight is 236 g/mol. The van der Waals surface area contributed by atoms with Crippen LogP contribution in [0.2, 0.25) is 13.1 Å². The molecule has 0 atom stereocenters. The number of hydrogen-bond donors (Lipinski definition) is 0. The van der Waals surface area contributed by atoms with E-state index < -0.39 is 8.41 Å². The predicted octanol–water partition coefficient (Wildman–Crippen LogP) is 3.83. The third-order valence-corrected chi connectivity index (χ3v) is 4.96. The molecule has 0 fully saturated rings. The predicted molar refractivity (Wildman–Crippen MR) is 77.9 cm³/mol. The molecule has 0 unspecified atom stereocenters.